The first-order chi connectivity index (χ1) is 12.2. The van der Waals surface area contributed by atoms with Gasteiger partial charge in [0, 0.05) is 0 Å². The maximum absolute atomic E-state index is 11.0. The van der Waals surface area contributed by atoms with Crippen molar-refractivity contribution in [1.29, 1.82) is 0 Å². The molecular weight excluding hydrogens is 328 g/mol. The number of carbonyl (C=O) groups excluding carboxylic acids is 1. The summed E-state index contributed by atoms with van der Waals surface area (Å²) in [5, 5.41) is 8.82. The molecule has 4 N–H and O–H groups in total. The van der Waals surface area contributed by atoms with Crippen molar-refractivity contribution in [1.82, 2.24) is 5.48 Å². The lowest BCUT2D eigenvalue weighted by Gasteiger charge is -2.10. The van der Waals surface area contributed by atoms with Gasteiger partial charge in [-0.1, -0.05) is 76.8 Å². The van der Waals surface area contributed by atoms with Gasteiger partial charge in [0.15, 0.2) is 0 Å². The molecule has 1 atom stereocenters. The fraction of sp³-hybridized carbons (Fsp3) is 0.381. The van der Waals surface area contributed by atoms with E-state index in [-0.39, 0.29) is 6.42 Å². The predicted molar refractivity (Wildman–Crippen MR) is 106 cm³/mol. The van der Waals surface area contributed by atoms with E-state index in [1.165, 1.54) is 0 Å². The van der Waals surface area contributed by atoms with E-state index in [2.05, 4.69) is 34.3 Å². The summed E-state index contributed by atoms with van der Waals surface area (Å²) in [6, 6.07) is 8.95. The van der Waals surface area contributed by atoms with Crippen LogP contribution in [0, 0.1) is 5.41 Å². The Hall–Kier alpha value is -2.37. The van der Waals surface area contributed by atoms with E-state index >= 15 is 0 Å². The number of allylic oxidation sites excluding steroid dienone is 3. The first-order valence-electron chi connectivity index (χ1n) is 8.50. The lowest BCUT2D eigenvalue weighted by atomic mass is 10.0. The largest absolute Gasteiger partial charge is 0.497 e. The van der Waals surface area contributed by atoms with Gasteiger partial charge in [0.2, 0.25) is 5.91 Å². The highest BCUT2D eigenvalue weighted by Crippen LogP contribution is 2.08. The van der Waals surface area contributed by atoms with E-state index in [9.17, 15) is 4.79 Å². The van der Waals surface area contributed by atoms with Crippen LogP contribution in [0.25, 0.3) is 0 Å². The molecule has 1 aromatic carbocycles. The fourth-order valence-electron chi connectivity index (χ4n) is 1.60. The zero-order valence-electron chi connectivity index (χ0n) is 16.2. The van der Waals surface area contributed by atoms with Crippen molar-refractivity contribution in [3.63, 3.8) is 0 Å². The predicted octanol–water partition coefficient (Wildman–Crippen LogP) is 4.10. The van der Waals surface area contributed by atoms with E-state index < -0.39 is 11.9 Å². The Balaban J connectivity index is 0.00000110. The number of carbonyl (C=O) groups is 1. The second-order valence-electron chi connectivity index (χ2n) is 7.36. The summed E-state index contributed by atoms with van der Waals surface area (Å²) in [6.45, 7) is 12.9. The van der Waals surface area contributed by atoms with Gasteiger partial charge in [-0.25, -0.2) is 0 Å². The van der Waals surface area contributed by atoms with E-state index in [0.29, 0.717) is 12.0 Å². The van der Waals surface area contributed by atoms with E-state index in [1.54, 1.807) is 24.5 Å². The van der Waals surface area contributed by atoms with Crippen molar-refractivity contribution in [3.8, 4) is 0 Å². The third-order valence-electron chi connectivity index (χ3n) is 2.78. The Morgan fingerprint density at radius 1 is 1.31 bits per heavy atom. The molecule has 0 radical (unpaired) electrons. The van der Waals surface area contributed by atoms with Gasteiger partial charge in [-0.3, -0.25) is 4.79 Å². The van der Waals surface area contributed by atoms with Crippen molar-refractivity contribution in [3.05, 3.63) is 72.5 Å². The number of primary amides is 1. The number of benzene rings is 1. The van der Waals surface area contributed by atoms with Crippen LogP contribution in [0.4, 0.5) is 0 Å². The van der Waals surface area contributed by atoms with Gasteiger partial charge in [-0.2, -0.15) is 5.48 Å². The number of hydrogen-bond acceptors (Lipinski definition) is 4. The fourth-order valence-corrected chi connectivity index (χ4v) is 1.60. The van der Waals surface area contributed by atoms with Gasteiger partial charge in [0.1, 0.15) is 12.6 Å². The molecule has 1 amide bonds. The standard InChI is InChI=1S/C16H20N2O3.C5H12/c1-2-13(11-15(18-20)16(17)19)9-6-10-21-12-14-7-4-3-5-8-14;1-5(2,3)4/h2-10,15,18,20H,1,11-12H2,(H2,17,19);1-4H3/b10-6-,13-9+;. The Bertz CT molecular complexity index is 581. The van der Waals surface area contributed by atoms with Gasteiger partial charge < -0.3 is 15.7 Å². The molecule has 0 saturated heterocycles. The average molecular weight is 360 g/mol. The van der Waals surface area contributed by atoms with Crippen LogP contribution in [0.3, 0.4) is 0 Å². The topological polar surface area (TPSA) is 84.6 Å². The molecule has 0 fully saturated rings. The smallest absolute Gasteiger partial charge is 0.237 e. The van der Waals surface area contributed by atoms with Crippen LogP contribution in [-0.4, -0.2) is 17.2 Å². The molecule has 5 nitrogen and oxygen atoms in total. The summed E-state index contributed by atoms with van der Waals surface area (Å²) in [5.41, 5.74) is 9.32. The number of nitrogens with two attached hydrogens (primary N) is 1. The first-order valence-corrected chi connectivity index (χ1v) is 8.50. The Labute approximate surface area is 157 Å². The van der Waals surface area contributed by atoms with Crippen molar-refractivity contribution in [2.75, 3.05) is 0 Å². The van der Waals surface area contributed by atoms with Crippen LogP contribution >= 0.6 is 0 Å². The third kappa shape index (κ3) is 14.0. The van der Waals surface area contributed by atoms with Crippen molar-refractivity contribution >= 4 is 5.91 Å². The minimum Gasteiger partial charge on any atom is -0.497 e. The second kappa shape index (κ2) is 12.9. The Kier molecular flexibility index (Phi) is 11.7. The van der Waals surface area contributed by atoms with Gasteiger partial charge in [-0.05, 0) is 29.0 Å². The summed E-state index contributed by atoms with van der Waals surface area (Å²) in [6.07, 6.45) is 6.84. The number of rotatable bonds is 9. The molecular formula is C21H32N2O3. The van der Waals surface area contributed by atoms with Crippen LogP contribution in [0.1, 0.15) is 39.7 Å². The molecule has 0 spiro atoms. The number of amides is 1. The van der Waals surface area contributed by atoms with E-state index in [0.717, 1.165) is 11.1 Å². The van der Waals surface area contributed by atoms with E-state index in [1.807, 2.05) is 35.8 Å². The highest BCUT2D eigenvalue weighted by molar-refractivity contribution is 5.80. The maximum Gasteiger partial charge on any atom is 0.237 e. The van der Waals surface area contributed by atoms with Crippen molar-refractivity contribution in [2.45, 2.75) is 46.8 Å². The monoisotopic (exact) mass is 360 g/mol. The Morgan fingerprint density at radius 2 is 1.88 bits per heavy atom. The van der Waals surface area contributed by atoms with Gasteiger partial charge in [0.05, 0.1) is 6.26 Å². The van der Waals surface area contributed by atoms with Crippen LogP contribution in [-0.2, 0) is 16.1 Å². The lowest BCUT2D eigenvalue weighted by Crippen LogP contribution is -2.39. The van der Waals surface area contributed by atoms with Gasteiger partial charge in [0.25, 0.3) is 0 Å². The number of hydroxylamine groups is 1. The number of hydrogen-bond donors (Lipinski definition) is 3. The minimum absolute atomic E-state index is 0.248. The molecule has 1 aromatic rings. The Morgan fingerprint density at radius 3 is 2.35 bits per heavy atom. The molecule has 1 unspecified atom stereocenters. The SMILES string of the molecule is C=C/C(=C\C=C/OCc1ccccc1)CC(NO)C(N)=O.CC(C)(C)C. The summed E-state index contributed by atoms with van der Waals surface area (Å²) in [4.78, 5) is 11.0. The second-order valence-corrected chi connectivity index (χ2v) is 7.36. The summed E-state index contributed by atoms with van der Waals surface area (Å²) in [7, 11) is 0. The van der Waals surface area contributed by atoms with Crippen molar-refractivity contribution in [2.24, 2.45) is 11.1 Å². The summed E-state index contributed by atoms with van der Waals surface area (Å²) >= 11 is 0. The molecule has 0 aliphatic carbocycles. The molecule has 0 heterocycles. The number of ether oxygens (including phenoxy) is 1. The van der Waals surface area contributed by atoms with Crippen molar-refractivity contribution < 1.29 is 14.7 Å². The van der Waals surface area contributed by atoms with Gasteiger partial charge >= 0.3 is 0 Å². The zero-order chi connectivity index (χ0) is 20.0. The quantitative estimate of drug-likeness (QED) is 0.351. The molecule has 0 saturated carbocycles. The maximum atomic E-state index is 11.0. The lowest BCUT2D eigenvalue weighted by molar-refractivity contribution is -0.122. The third-order valence-corrected chi connectivity index (χ3v) is 2.78. The average Bonchev–Trinajstić information content (AvgIpc) is 2.56. The normalized spacial score (nSPS) is 12.9. The molecule has 0 bridgehead atoms. The zero-order valence-corrected chi connectivity index (χ0v) is 16.2. The van der Waals surface area contributed by atoms with Crippen LogP contribution in [0.15, 0.2) is 67.0 Å². The molecule has 0 aromatic heterocycles. The van der Waals surface area contributed by atoms with Crippen LogP contribution in [0.5, 0.6) is 0 Å². The van der Waals surface area contributed by atoms with Crippen LogP contribution < -0.4 is 11.2 Å². The van der Waals surface area contributed by atoms with Crippen LogP contribution in [0.2, 0.25) is 0 Å². The molecule has 1 rings (SSSR count). The summed E-state index contributed by atoms with van der Waals surface area (Å²) < 4.78 is 5.38. The van der Waals surface area contributed by atoms with Gasteiger partial charge in [-0.15, -0.1) is 0 Å². The molecule has 0 aliphatic heterocycles. The minimum atomic E-state index is -0.840. The molecule has 144 valence electrons. The summed E-state index contributed by atoms with van der Waals surface area (Å²) in [5.74, 6) is -0.630. The highest BCUT2D eigenvalue weighted by atomic mass is 16.5. The first kappa shape index (κ1) is 23.6. The molecule has 26 heavy (non-hydrogen) atoms. The molecule has 5 heteroatoms. The van der Waals surface area contributed by atoms with E-state index in [4.69, 9.17) is 15.7 Å². The number of nitrogens with one attached hydrogen (secondary N) is 1. The highest BCUT2D eigenvalue weighted by Gasteiger charge is 2.14. The molecule has 0 aliphatic rings.